The summed E-state index contributed by atoms with van der Waals surface area (Å²) in [5.41, 5.74) is 5.06. The van der Waals surface area contributed by atoms with E-state index in [0.717, 1.165) is 38.6 Å². The molecule has 13 heavy (non-hydrogen) atoms. The summed E-state index contributed by atoms with van der Waals surface area (Å²) < 4.78 is 0. The van der Waals surface area contributed by atoms with E-state index in [1.54, 1.807) is 0 Å². The molecule has 1 aliphatic carbocycles. The summed E-state index contributed by atoms with van der Waals surface area (Å²) in [6.45, 7) is 2.99. The lowest BCUT2D eigenvalue weighted by atomic mass is 9.81. The van der Waals surface area contributed by atoms with Crippen LogP contribution in [0.25, 0.3) is 0 Å². The molecule has 0 heterocycles. The summed E-state index contributed by atoms with van der Waals surface area (Å²) in [4.78, 5) is 11.3. The monoisotopic (exact) mass is 184 g/mol. The van der Waals surface area contributed by atoms with Crippen LogP contribution in [0.15, 0.2) is 0 Å². The third kappa shape index (κ3) is 2.44. The zero-order valence-corrected chi connectivity index (χ0v) is 8.44. The second-order valence-electron chi connectivity index (χ2n) is 3.93. The van der Waals surface area contributed by atoms with Gasteiger partial charge >= 0.3 is 0 Å². The Kier molecular flexibility index (Phi) is 3.72. The fourth-order valence-electron chi connectivity index (χ4n) is 2.03. The molecule has 3 nitrogen and oxygen atoms in total. The number of hydrogen-bond acceptors (Lipinski definition) is 2. The Balaban J connectivity index is 2.56. The van der Waals surface area contributed by atoms with Crippen molar-refractivity contribution in [3.05, 3.63) is 0 Å². The van der Waals surface area contributed by atoms with Crippen LogP contribution in [0, 0.1) is 0 Å². The van der Waals surface area contributed by atoms with Gasteiger partial charge in [-0.15, -0.1) is 0 Å². The predicted molar refractivity (Wildman–Crippen MR) is 53.3 cm³/mol. The largest absolute Gasteiger partial charge is 0.368 e. The second kappa shape index (κ2) is 4.61. The van der Waals surface area contributed by atoms with Gasteiger partial charge in [-0.25, -0.2) is 0 Å². The van der Waals surface area contributed by atoms with Gasteiger partial charge in [-0.05, 0) is 25.8 Å². The molecule has 0 aromatic rings. The van der Waals surface area contributed by atoms with Gasteiger partial charge in [0.15, 0.2) is 0 Å². The van der Waals surface area contributed by atoms with Gasteiger partial charge in [0.25, 0.3) is 0 Å². The Morgan fingerprint density at radius 3 is 2.46 bits per heavy atom. The van der Waals surface area contributed by atoms with Crippen molar-refractivity contribution in [1.29, 1.82) is 0 Å². The van der Waals surface area contributed by atoms with E-state index in [1.807, 2.05) is 0 Å². The number of amides is 1. The molecule has 1 amide bonds. The standard InChI is InChI=1S/C10H20N2O/c1-2-8-12-10(9(11)13)6-4-3-5-7-10/h12H,2-8H2,1H3,(H2,11,13). The van der Waals surface area contributed by atoms with E-state index in [1.165, 1.54) is 6.42 Å². The molecule has 0 radical (unpaired) electrons. The maximum absolute atomic E-state index is 11.3. The Labute approximate surface area is 80.1 Å². The third-order valence-corrected chi connectivity index (χ3v) is 2.89. The summed E-state index contributed by atoms with van der Waals surface area (Å²) in [6, 6.07) is 0. The highest BCUT2D eigenvalue weighted by Crippen LogP contribution is 2.27. The number of rotatable bonds is 4. The minimum Gasteiger partial charge on any atom is -0.368 e. The average Bonchev–Trinajstić information content (AvgIpc) is 2.16. The first kappa shape index (κ1) is 10.5. The molecule has 0 spiro atoms. The Bertz CT molecular complexity index is 174. The van der Waals surface area contributed by atoms with Crippen molar-refractivity contribution in [3.8, 4) is 0 Å². The molecule has 0 aromatic heterocycles. The van der Waals surface area contributed by atoms with Gasteiger partial charge in [0.2, 0.25) is 5.91 Å². The molecule has 1 rings (SSSR count). The second-order valence-corrected chi connectivity index (χ2v) is 3.93. The predicted octanol–water partition coefficient (Wildman–Crippen LogP) is 1.17. The first-order chi connectivity index (χ1) is 6.21. The molecular weight excluding hydrogens is 164 g/mol. The zero-order valence-electron chi connectivity index (χ0n) is 8.44. The molecule has 1 aliphatic rings. The Morgan fingerprint density at radius 1 is 1.38 bits per heavy atom. The van der Waals surface area contributed by atoms with Crippen LogP contribution >= 0.6 is 0 Å². The average molecular weight is 184 g/mol. The number of carbonyl (C=O) groups excluding carboxylic acids is 1. The fraction of sp³-hybridized carbons (Fsp3) is 0.900. The molecule has 0 aliphatic heterocycles. The summed E-state index contributed by atoms with van der Waals surface area (Å²) in [6.07, 6.45) is 6.38. The van der Waals surface area contributed by atoms with Crippen LogP contribution < -0.4 is 11.1 Å². The first-order valence-corrected chi connectivity index (χ1v) is 5.26. The number of hydrogen-bond donors (Lipinski definition) is 2. The van der Waals surface area contributed by atoms with Crippen molar-refractivity contribution in [1.82, 2.24) is 5.32 Å². The number of nitrogens with one attached hydrogen (secondary N) is 1. The van der Waals surface area contributed by atoms with E-state index in [2.05, 4.69) is 12.2 Å². The van der Waals surface area contributed by atoms with Gasteiger partial charge in [-0.2, -0.15) is 0 Å². The molecule has 1 fully saturated rings. The van der Waals surface area contributed by atoms with Crippen molar-refractivity contribution >= 4 is 5.91 Å². The van der Waals surface area contributed by atoms with Crippen LogP contribution in [0.5, 0.6) is 0 Å². The lowest BCUT2D eigenvalue weighted by Gasteiger charge is -2.35. The van der Waals surface area contributed by atoms with Crippen LogP contribution in [0.2, 0.25) is 0 Å². The molecule has 0 aromatic carbocycles. The molecule has 0 unspecified atom stereocenters. The summed E-state index contributed by atoms with van der Waals surface area (Å²) in [5.74, 6) is -0.166. The van der Waals surface area contributed by atoms with E-state index in [-0.39, 0.29) is 11.4 Å². The maximum atomic E-state index is 11.3. The molecule has 0 atom stereocenters. The van der Waals surface area contributed by atoms with Crippen molar-refractivity contribution in [3.63, 3.8) is 0 Å². The molecular formula is C10H20N2O. The van der Waals surface area contributed by atoms with Gasteiger partial charge in [0, 0.05) is 0 Å². The van der Waals surface area contributed by atoms with E-state index in [4.69, 9.17) is 5.73 Å². The fourth-order valence-corrected chi connectivity index (χ4v) is 2.03. The lowest BCUT2D eigenvalue weighted by Crippen LogP contribution is -2.56. The van der Waals surface area contributed by atoms with Gasteiger partial charge in [-0.3, -0.25) is 4.79 Å². The first-order valence-electron chi connectivity index (χ1n) is 5.26. The maximum Gasteiger partial charge on any atom is 0.237 e. The van der Waals surface area contributed by atoms with Gasteiger partial charge in [0.1, 0.15) is 0 Å². The van der Waals surface area contributed by atoms with E-state index < -0.39 is 0 Å². The minimum absolute atomic E-state index is 0.166. The molecule has 0 saturated heterocycles. The minimum atomic E-state index is -0.381. The molecule has 3 N–H and O–H groups in total. The summed E-state index contributed by atoms with van der Waals surface area (Å²) >= 11 is 0. The molecule has 3 heteroatoms. The van der Waals surface area contributed by atoms with E-state index >= 15 is 0 Å². The topological polar surface area (TPSA) is 55.1 Å². The van der Waals surface area contributed by atoms with E-state index in [9.17, 15) is 4.79 Å². The zero-order chi connectivity index (χ0) is 9.73. The van der Waals surface area contributed by atoms with Crippen molar-refractivity contribution < 1.29 is 4.79 Å². The van der Waals surface area contributed by atoms with Crippen LogP contribution in [-0.4, -0.2) is 18.0 Å². The summed E-state index contributed by atoms with van der Waals surface area (Å²) in [7, 11) is 0. The highest BCUT2D eigenvalue weighted by molar-refractivity contribution is 5.84. The van der Waals surface area contributed by atoms with Crippen LogP contribution in [0.1, 0.15) is 45.4 Å². The van der Waals surface area contributed by atoms with Gasteiger partial charge in [-0.1, -0.05) is 26.2 Å². The van der Waals surface area contributed by atoms with Crippen LogP contribution in [0.3, 0.4) is 0 Å². The molecule has 1 saturated carbocycles. The van der Waals surface area contributed by atoms with Crippen molar-refractivity contribution in [2.75, 3.05) is 6.54 Å². The number of nitrogens with two attached hydrogens (primary N) is 1. The normalized spacial score (nSPS) is 21.3. The lowest BCUT2D eigenvalue weighted by molar-refractivity contribution is -0.125. The van der Waals surface area contributed by atoms with Gasteiger partial charge in [0.05, 0.1) is 5.54 Å². The number of carbonyl (C=O) groups is 1. The molecule has 0 bridgehead atoms. The quantitative estimate of drug-likeness (QED) is 0.689. The molecule has 76 valence electrons. The highest BCUT2D eigenvalue weighted by atomic mass is 16.1. The van der Waals surface area contributed by atoms with Crippen molar-refractivity contribution in [2.24, 2.45) is 5.73 Å². The van der Waals surface area contributed by atoms with Crippen LogP contribution in [0.4, 0.5) is 0 Å². The SMILES string of the molecule is CCCNC1(C(N)=O)CCCCC1. The van der Waals surface area contributed by atoms with Crippen molar-refractivity contribution in [2.45, 2.75) is 51.0 Å². The van der Waals surface area contributed by atoms with E-state index in [0.29, 0.717) is 0 Å². The number of primary amides is 1. The third-order valence-electron chi connectivity index (χ3n) is 2.89. The Morgan fingerprint density at radius 2 is 2.00 bits per heavy atom. The smallest absolute Gasteiger partial charge is 0.237 e. The Hall–Kier alpha value is -0.570. The van der Waals surface area contributed by atoms with Crippen LogP contribution in [-0.2, 0) is 4.79 Å². The highest BCUT2D eigenvalue weighted by Gasteiger charge is 2.36. The van der Waals surface area contributed by atoms with Gasteiger partial charge < -0.3 is 11.1 Å². The summed E-state index contributed by atoms with van der Waals surface area (Å²) in [5, 5.41) is 3.31.